The van der Waals surface area contributed by atoms with Crippen LogP contribution in [0.2, 0.25) is 0 Å². The molecule has 2 heterocycles. The van der Waals surface area contributed by atoms with Gasteiger partial charge in [-0.2, -0.15) is 0 Å². The summed E-state index contributed by atoms with van der Waals surface area (Å²) < 4.78 is 0. The van der Waals surface area contributed by atoms with Gasteiger partial charge in [0, 0.05) is 13.1 Å². The molecule has 4 heteroatoms. The minimum Gasteiger partial charge on any atom is -0.391 e. The SMILES string of the molecule is CC(C)CN1C(=O)[C@]2(CCCNC2)C[C@@H](O)[C@@H]1c1ccccc1. The number of aliphatic hydroxyl groups excluding tert-OH is 1. The van der Waals surface area contributed by atoms with E-state index < -0.39 is 11.5 Å². The Hall–Kier alpha value is -1.39. The van der Waals surface area contributed by atoms with Crippen molar-refractivity contribution in [1.82, 2.24) is 10.2 Å². The number of likely N-dealkylation sites (tertiary alicyclic amines) is 1. The Balaban J connectivity index is 1.95. The summed E-state index contributed by atoms with van der Waals surface area (Å²) in [5.41, 5.74) is 0.616. The zero-order valence-corrected chi connectivity index (χ0v) is 14.2. The van der Waals surface area contributed by atoms with Gasteiger partial charge in [-0.1, -0.05) is 44.2 Å². The number of nitrogens with one attached hydrogen (secondary N) is 1. The van der Waals surface area contributed by atoms with E-state index in [-0.39, 0.29) is 11.9 Å². The van der Waals surface area contributed by atoms with Crippen LogP contribution in [0.5, 0.6) is 0 Å². The quantitative estimate of drug-likeness (QED) is 0.900. The summed E-state index contributed by atoms with van der Waals surface area (Å²) in [7, 11) is 0. The topological polar surface area (TPSA) is 52.6 Å². The van der Waals surface area contributed by atoms with Crippen molar-refractivity contribution >= 4 is 5.91 Å². The molecule has 4 nitrogen and oxygen atoms in total. The van der Waals surface area contributed by atoms with Crippen LogP contribution in [0.4, 0.5) is 0 Å². The van der Waals surface area contributed by atoms with Crippen molar-refractivity contribution in [1.29, 1.82) is 0 Å². The first-order chi connectivity index (χ1) is 11.0. The standard InChI is InChI=1S/C19H28N2O2/c1-14(2)12-21-17(15-7-4-3-5-8-15)16(22)11-19(18(21)23)9-6-10-20-13-19/h3-5,7-8,14,16-17,20,22H,6,9-13H2,1-2H3/t16-,17+,19-/m1/s1. The smallest absolute Gasteiger partial charge is 0.230 e. The highest BCUT2D eigenvalue weighted by Crippen LogP contribution is 2.44. The molecule has 2 N–H and O–H groups in total. The van der Waals surface area contributed by atoms with E-state index in [0.29, 0.717) is 25.4 Å². The number of nitrogens with zero attached hydrogens (tertiary/aromatic N) is 1. The van der Waals surface area contributed by atoms with Gasteiger partial charge in [-0.3, -0.25) is 4.79 Å². The first-order valence-electron chi connectivity index (χ1n) is 8.78. The van der Waals surface area contributed by atoms with Gasteiger partial charge in [0.1, 0.15) is 0 Å². The van der Waals surface area contributed by atoms with Crippen molar-refractivity contribution in [3.8, 4) is 0 Å². The van der Waals surface area contributed by atoms with Crippen molar-refractivity contribution in [2.24, 2.45) is 11.3 Å². The van der Waals surface area contributed by atoms with E-state index >= 15 is 0 Å². The largest absolute Gasteiger partial charge is 0.391 e. The molecule has 1 aromatic carbocycles. The van der Waals surface area contributed by atoms with Gasteiger partial charge < -0.3 is 15.3 Å². The van der Waals surface area contributed by atoms with Gasteiger partial charge in [0.2, 0.25) is 5.91 Å². The molecule has 1 spiro atoms. The van der Waals surface area contributed by atoms with E-state index in [1.54, 1.807) is 0 Å². The normalized spacial score (nSPS) is 31.8. The number of carbonyl (C=O) groups is 1. The Kier molecular flexibility index (Phi) is 4.74. The van der Waals surface area contributed by atoms with Gasteiger partial charge in [-0.25, -0.2) is 0 Å². The maximum Gasteiger partial charge on any atom is 0.230 e. The minimum atomic E-state index is -0.506. The molecule has 0 bridgehead atoms. The number of carbonyl (C=O) groups excluding carboxylic acids is 1. The average Bonchev–Trinajstić information content (AvgIpc) is 2.54. The van der Waals surface area contributed by atoms with Crippen LogP contribution in [0.25, 0.3) is 0 Å². The molecule has 126 valence electrons. The van der Waals surface area contributed by atoms with Crippen molar-refractivity contribution in [3.05, 3.63) is 35.9 Å². The molecule has 0 saturated carbocycles. The molecule has 3 atom stereocenters. The third-order valence-electron chi connectivity index (χ3n) is 5.19. The van der Waals surface area contributed by atoms with Gasteiger partial charge in [0.05, 0.1) is 17.6 Å². The second kappa shape index (κ2) is 6.62. The van der Waals surface area contributed by atoms with E-state index in [9.17, 15) is 9.90 Å². The molecular weight excluding hydrogens is 288 g/mol. The number of rotatable bonds is 3. The first kappa shape index (κ1) is 16.5. The predicted octanol–water partition coefficient (Wildman–Crippen LogP) is 2.35. The van der Waals surface area contributed by atoms with Crippen LogP contribution in [0, 0.1) is 11.3 Å². The van der Waals surface area contributed by atoms with Gasteiger partial charge in [0.25, 0.3) is 0 Å². The van der Waals surface area contributed by atoms with E-state index in [2.05, 4.69) is 19.2 Å². The Labute approximate surface area is 138 Å². The highest BCUT2D eigenvalue weighted by molar-refractivity contribution is 5.85. The van der Waals surface area contributed by atoms with E-state index in [4.69, 9.17) is 0 Å². The van der Waals surface area contributed by atoms with Crippen molar-refractivity contribution in [3.63, 3.8) is 0 Å². The third kappa shape index (κ3) is 3.15. The van der Waals surface area contributed by atoms with Crippen LogP contribution in [-0.2, 0) is 4.79 Å². The van der Waals surface area contributed by atoms with Crippen LogP contribution < -0.4 is 5.32 Å². The van der Waals surface area contributed by atoms with Crippen LogP contribution in [-0.4, -0.2) is 41.7 Å². The lowest BCUT2D eigenvalue weighted by Crippen LogP contribution is -2.60. The van der Waals surface area contributed by atoms with Crippen LogP contribution >= 0.6 is 0 Å². The predicted molar refractivity (Wildman–Crippen MR) is 90.9 cm³/mol. The average molecular weight is 316 g/mol. The molecule has 0 unspecified atom stereocenters. The summed E-state index contributed by atoms with van der Waals surface area (Å²) in [6.45, 7) is 6.61. The molecule has 3 rings (SSSR count). The van der Waals surface area contributed by atoms with Crippen LogP contribution in [0.1, 0.15) is 44.7 Å². The van der Waals surface area contributed by atoms with Gasteiger partial charge in [-0.15, -0.1) is 0 Å². The number of benzene rings is 1. The molecule has 2 aliphatic heterocycles. The highest BCUT2D eigenvalue weighted by atomic mass is 16.3. The highest BCUT2D eigenvalue weighted by Gasteiger charge is 2.51. The Morgan fingerprint density at radius 2 is 2.09 bits per heavy atom. The fraction of sp³-hybridized carbons (Fsp3) is 0.632. The fourth-order valence-corrected chi connectivity index (χ4v) is 4.20. The summed E-state index contributed by atoms with van der Waals surface area (Å²) in [6, 6.07) is 9.75. The van der Waals surface area contributed by atoms with E-state index in [0.717, 1.165) is 24.9 Å². The summed E-state index contributed by atoms with van der Waals surface area (Å²) in [5.74, 6) is 0.599. The molecule has 1 aromatic rings. The lowest BCUT2D eigenvalue weighted by molar-refractivity contribution is -0.162. The molecule has 23 heavy (non-hydrogen) atoms. The Morgan fingerprint density at radius 1 is 1.35 bits per heavy atom. The van der Waals surface area contributed by atoms with Gasteiger partial charge >= 0.3 is 0 Å². The maximum absolute atomic E-state index is 13.3. The minimum absolute atomic E-state index is 0.220. The number of amides is 1. The van der Waals surface area contributed by atoms with E-state index in [1.807, 2.05) is 35.2 Å². The molecule has 1 amide bonds. The third-order valence-corrected chi connectivity index (χ3v) is 5.19. The van der Waals surface area contributed by atoms with E-state index in [1.165, 1.54) is 0 Å². The summed E-state index contributed by atoms with van der Waals surface area (Å²) in [4.78, 5) is 15.3. The molecular formula is C19H28N2O2. The first-order valence-corrected chi connectivity index (χ1v) is 8.78. The van der Waals surface area contributed by atoms with Crippen LogP contribution in [0.15, 0.2) is 30.3 Å². The molecule has 2 aliphatic rings. The van der Waals surface area contributed by atoms with Gasteiger partial charge in [0.15, 0.2) is 0 Å². The Bertz CT molecular complexity index is 538. The lowest BCUT2D eigenvalue weighted by Gasteiger charge is -2.50. The number of hydrogen-bond donors (Lipinski definition) is 2. The number of hydrogen-bond acceptors (Lipinski definition) is 3. The Morgan fingerprint density at radius 3 is 2.70 bits per heavy atom. The summed E-state index contributed by atoms with van der Waals surface area (Å²) in [6.07, 6.45) is 1.94. The second-order valence-electron chi connectivity index (χ2n) is 7.54. The summed E-state index contributed by atoms with van der Waals surface area (Å²) >= 11 is 0. The molecule has 2 fully saturated rings. The fourth-order valence-electron chi connectivity index (χ4n) is 4.20. The van der Waals surface area contributed by atoms with Crippen LogP contribution in [0.3, 0.4) is 0 Å². The number of aliphatic hydroxyl groups is 1. The molecule has 2 saturated heterocycles. The lowest BCUT2D eigenvalue weighted by atomic mass is 9.70. The molecule has 0 radical (unpaired) electrons. The maximum atomic E-state index is 13.3. The zero-order chi connectivity index (χ0) is 16.4. The van der Waals surface area contributed by atoms with Gasteiger partial charge in [-0.05, 0) is 37.3 Å². The van der Waals surface area contributed by atoms with Crippen molar-refractivity contribution < 1.29 is 9.90 Å². The monoisotopic (exact) mass is 316 g/mol. The second-order valence-corrected chi connectivity index (χ2v) is 7.54. The summed E-state index contributed by atoms with van der Waals surface area (Å²) in [5, 5.41) is 14.3. The number of piperidine rings is 2. The molecule has 0 aliphatic carbocycles. The van der Waals surface area contributed by atoms with Crippen molar-refractivity contribution in [2.45, 2.75) is 45.3 Å². The molecule has 0 aromatic heterocycles. The van der Waals surface area contributed by atoms with Crippen molar-refractivity contribution in [2.75, 3.05) is 19.6 Å². The zero-order valence-electron chi connectivity index (χ0n) is 14.2.